The van der Waals surface area contributed by atoms with Gasteiger partial charge in [0.15, 0.2) is 0 Å². The molecule has 3 N–H and O–H groups in total. The van der Waals surface area contributed by atoms with E-state index in [4.69, 9.17) is 9.47 Å². The molecule has 0 saturated carbocycles. The number of aromatic nitrogens is 2. The van der Waals surface area contributed by atoms with Crippen molar-refractivity contribution in [3.8, 4) is 11.5 Å². The topological polar surface area (TPSA) is 125 Å². The maximum atomic E-state index is 12.7. The van der Waals surface area contributed by atoms with Crippen LogP contribution < -0.4 is 15.2 Å². The fraction of sp³-hybridized carbons (Fsp3) is 0.278. The van der Waals surface area contributed by atoms with Crippen molar-refractivity contribution in [3.63, 3.8) is 0 Å². The van der Waals surface area contributed by atoms with Gasteiger partial charge in [0.1, 0.15) is 24.2 Å². The molecule has 0 aliphatic heterocycles. The first-order chi connectivity index (χ1) is 13.3. The highest BCUT2D eigenvalue weighted by Gasteiger charge is 2.24. The minimum atomic E-state index is -3.85. The number of fused-ring (bicyclic) bond motifs is 1. The van der Waals surface area contributed by atoms with Gasteiger partial charge in [-0.15, -0.1) is 0 Å². The summed E-state index contributed by atoms with van der Waals surface area (Å²) in [5.74, 6) is 1.12. The molecule has 150 valence electrons. The smallest absolute Gasteiger partial charge is 0.323 e. The van der Waals surface area contributed by atoms with E-state index in [-0.39, 0.29) is 18.0 Å². The molecule has 2 aromatic carbocycles. The van der Waals surface area contributed by atoms with E-state index in [1.54, 1.807) is 24.3 Å². The summed E-state index contributed by atoms with van der Waals surface area (Å²) in [4.78, 5) is 16.4. The molecule has 3 rings (SSSR count). The minimum absolute atomic E-state index is 0.0127. The lowest BCUT2D eigenvalue weighted by atomic mass is 10.3. The van der Waals surface area contributed by atoms with Gasteiger partial charge in [-0.2, -0.15) is 4.31 Å². The number of hydrogen-bond acceptors (Lipinski definition) is 6. The SMILES string of the molecule is COc1cccc(OC[C@@H](O)CN(C)S(=O)(=O)c2ccc3[nH]c(=O)[nH]c3c2)c1. The van der Waals surface area contributed by atoms with Crippen molar-refractivity contribution in [1.29, 1.82) is 0 Å². The lowest BCUT2D eigenvalue weighted by molar-refractivity contribution is 0.0934. The Hall–Kier alpha value is -2.82. The van der Waals surface area contributed by atoms with Gasteiger partial charge in [0, 0.05) is 19.7 Å². The van der Waals surface area contributed by atoms with Crippen LogP contribution >= 0.6 is 0 Å². The molecular weight excluding hydrogens is 386 g/mol. The maximum Gasteiger partial charge on any atom is 0.323 e. The van der Waals surface area contributed by atoms with Gasteiger partial charge in [-0.3, -0.25) is 0 Å². The fourth-order valence-corrected chi connectivity index (χ4v) is 3.92. The average Bonchev–Trinajstić information content (AvgIpc) is 3.05. The van der Waals surface area contributed by atoms with E-state index in [2.05, 4.69) is 9.97 Å². The second kappa shape index (κ2) is 8.05. The van der Waals surface area contributed by atoms with E-state index in [1.807, 2.05) is 0 Å². The maximum absolute atomic E-state index is 12.7. The number of H-pyrrole nitrogens is 2. The van der Waals surface area contributed by atoms with Crippen LogP contribution in [-0.2, 0) is 10.0 Å². The number of aromatic amines is 2. The number of benzene rings is 2. The average molecular weight is 407 g/mol. The first-order valence-corrected chi connectivity index (χ1v) is 9.87. The van der Waals surface area contributed by atoms with Crippen LogP contribution in [0, 0.1) is 0 Å². The van der Waals surface area contributed by atoms with Crippen LogP contribution in [0.25, 0.3) is 11.0 Å². The number of rotatable bonds is 8. The molecule has 10 heteroatoms. The molecule has 0 aliphatic carbocycles. The van der Waals surface area contributed by atoms with Crippen molar-refractivity contribution >= 4 is 21.1 Å². The standard InChI is InChI=1S/C18H21N3O6S/c1-21(10-12(22)11-27-14-5-3-4-13(8-14)26-2)28(24,25)15-6-7-16-17(9-15)20-18(23)19-16/h3-9,12,22H,10-11H2,1-2H3,(H2,19,20,23)/t12-/m0/s1. The van der Waals surface area contributed by atoms with Crippen LogP contribution in [0.15, 0.2) is 52.2 Å². The molecule has 1 atom stereocenters. The van der Waals surface area contributed by atoms with Gasteiger partial charge in [-0.05, 0) is 30.3 Å². The van der Waals surface area contributed by atoms with Crippen molar-refractivity contribution in [2.45, 2.75) is 11.0 Å². The highest BCUT2D eigenvalue weighted by Crippen LogP contribution is 2.20. The molecule has 0 unspecified atom stereocenters. The molecule has 0 bridgehead atoms. The Morgan fingerprint density at radius 2 is 1.82 bits per heavy atom. The van der Waals surface area contributed by atoms with E-state index >= 15 is 0 Å². The molecule has 3 aromatic rings. The van der Waals surface area contributed by atoms with Crippen LogP contribution in [0.2, 0.25) is 0 Å². The zero-order valence-corrected chi connectivity index (χ0v) is 16.2. The second-order valence-electron chi connectivity index (χ2n) is 6.22. The number of aliphatic hydroxyl groups excluding tert-OH is 1. The number of ether oxygens (including phenoxy) is 2. The zero-order chi connectivity index (χ0) is 20.3. The minimum Gasteiger partial charge on any atom is -0.497 e. The van der Waals surface area contributed by atoms with E-state index in [0.717, 1.165) is 4.31 Å². The lowest BCUT2D eigenvalue weighted by Gasteiger charge is -2.21. The summed E-state index contributed by atoms with van der Waals surface area (Å²) in [7, 11) is -0.943. The molecule has 0 amide bonds. The molecule has 28 heavy (non-hydrogen) atoms. The summed E-state index contributed by atoms with van der Waals surface area (Å²) in [6.45, 7) is -0.245. The Kier molecular flexibility index (Phi) is 5.73. The number of imidazole rings is 1. The third kappa shape index (κ3) is 4.35. The summed E-state index contributed by atoms with van der Waals surface area (Å²) in [5.41, 5.74) is 0.489. The molecule has 1 heterocycles. The number of likely N-dealkylation sites (N-methyl/N-ethyl adjacent to an activating group) is 1. The molecular formula is C18H21N3O6S. The third-order valence-electron chi connectivity index (χ3n) is 4.15. The van der Waals surface area contributed by atoms with Gasteiger partial charge in [-0.1, -0.05) is 6.07 Å². The van der Waals surface area contributed by atoms with Gasteiger partial charge in [-0.25, -0.2) is 13.2 Å². The predicted octanol–water partition coefficient (Wildman–Crippen LogP) is 0.925. The second-order valence-corrected chi connectivity index (χ2v) is 8.26. The Labute approximate surface area is 161 Å². The number of sulfonamides is 1. The van der Waals surface area contributed by atoms with Crippen LogP contribution in [0.3, 0.4) is 0 Å². The number of methoxy groups -OCH3 is 1. The van der Waals surface area contributed by atoms with E-state index in [1.165, 1.54) is 32.4 Å². The molecule has 0 saturated heterocycles. The van der Waals surface area contributed by atoms with Gasteiger partial charge in [0.25, 0.3) is 0 Å². The molecule has 0 radical (unpaired) electrons. The molecule has 9 nitrogen and oxygen atoms in total. The monoisotopic (exact) mass is 407 g/mol. The molecule has 0 fully saturated rings. The predicted molar refractivity (Wildman–Crippen MR) is 103 cm³/mol. The van der Waals surface area contributed by atoms with E-state index < -0.39 is 21.8 Å². The van der Waals surface area contributed by atoms with Crippen LogP contribution in [0.4, 0.5) is 0 Å². The normalized spacial score (nSPS) is 13.0. The van der Waals surface area contributed by atoms with Crippen molar-refractivity contribution in [2.24, 2.45) is 0 Å². The zero-order valence-electron chi connectivity index (χ0n) is 15.4. The van der Waals surface area contributed by atoms with Gasteiger partial charge < -0.3 is 24.5 Å². The highest BCUT2D eigenvalue weighted by atomic mass is 32.2. The van der Waals surface area contributed by atoms with Gasteiger partial charge in [0.05, 0.1) is 23.0 Å². The van der Waals surface area contributed by atoms with Crippen molar-refractivity contribution in [3.05, 3.63) is 52.9 Å². The Balaban J connectivity index is 1.65. The van der Waals surface area contributed by atoms with Crippen LogP contribution in [0.5, 0.6) is 11.5 Å². The Morgan fingerprint density at radius 3 is 2.57 bits per heavy atom. The Bertz CT molecular complexity index is 1120. The third-order valence-corrected chi connectivity index (χ3v) is 5.97. The van der Waals surface area contributed by atoms with Crippen LogP contribution in [-0.4, -0.2) is 61.2 Å². The quantitative estimate of drug-likeness (QED) is 0.510. The van der Waals surface area contributed by atoms with Crippen LogP contribution in [0.1, 0.15) is 0 Å². The first-order valence-electron chi connectivity index (χ1n) is 8.43. The summed E-state index contributed by atoms with van der Waals surface area (Å²) >= 11 is 0. The fourth-order valence-electron chi connectivity index (χ4n) is 2.68. The summed E-state index contributed by atoms with van der Waals surface area (Å²) in [6.07, 6.45) is -1.04. The number of nitrogens with one attached hydrogen (secondary N) is 2. The number of aliphatic hydroxyl groups is 1. The molecule has 0 spiro atoms. The largest absolute Gasteiger partial charge is 0.497 e. The van der Waals surface area contributed by atoms with E-state index in [0.29, 0.717) is 22.5 Å². The van der Waals surface area contributed by atoms with Gasteiger partial charge in [0.2, 0.25) is 10.0 Å². The summed E-state index contributed by atoms with van der Waals surface area (Å²) in [5, 5.41) is 10.2. The Morgan fingerprint density at radius 1 is 1.11 bits per heavy atom. The van der Waals surface area contributed by atoms with Crippen molar-refractivity contribution in [2.75, 3.05) is 27.3 Å². The first kappa shape index (κ1) is 19.9. The number of nitrogens with zero attached hydrogens (tertiary/aromatic N) is 1. The molecule has 0 aliphatic rings. The molecule has 1 aromatic heterocycles. The van der Waals surface area contributed by atoms with E-state index in [9.17, 15) is 18.3 Å². The lowest BCUT2D eigenvalue weighted by Crippen LogP contribution is -2.37. The summed E-state index contributed by atoms with van der Waals surface area (Å²) < 4.78 is 37.1. The van der Waals surface area contributed by atoms with Crippen molar-refractivity contribution in [1.82, 2.24) is 14.3 Å². The summed E-state index contributed by atoms with van der Waals surface area (Å²) in [6, 6.07) is 11.2. The van der Waals surface area contributed by atoms with Crippen molar-refractivity contribution < 1.29 is 23.0 Å². The number of hydrogen-bond donors (Lipinski definition) is 3. The highest BCUT2D eigenvalue weighted by molar-refractivity contribution is 7.89. The van der Waals surface area contributed by atoms with Gasteiger partial charge >= 0.3 is 5.69 Å².